The Morgan fingerprint density at radius 2 is 1.79 bits per heavy atom. The lowest BCUT2D eigenvalue weighted by Gasteiger charge is -2.35. The molecule has 1 saturated heterocycles. The van der Waals surface area contributed by atoms with Crippen molar-refractivity contribution in [3.63, 3.8) is 0 Å². The third-order valence-electron chi connectivity index (χ3n) is 2.82. The number of piperidine rings is 1. The smallest absolute Gasteiger partial charge is 0.227 e. The van der Waals surface area contributed by atoms with Crippen LogP contribution < -0.4 is 5.32 Å². The highest BCUT2D eigenvalue weighted by Crippen LogP contribution is 2.20. The van der Waals surface area contributed by atoms with Crippen molar-refractivity contribution in [2.45, 2.75) is 39.7 Å². The van der Waals surface area contributed by atoms with E-state index in [4.69, 9.17) is 0 Å². The predicted molar refractivity (Wildman–Crippen MR) is 58.1 cm³/mol. The van der Waals surface area contributed by atoms with E-state index in [1.54, 1.807) is 0 Å². The molecule has 82 valence electrons. The van der Waals surface area contributed by atoms with E-state index in [9.17, 15) is 4.79 Å². The highest BCUT2D eigenvalue weighted by atomic mass is 16.2. The predicted octanol–water partition coefficient (Wildman–Crippen LogP) is 1.24. The van der Waals surface area contributed by atoms with Crippen LogP contribution in [-0.4, -0.2) is 37.0 Å². The van der Waals surface area contributed by atoms with Crippen molar-refractivity contribution in [2.75, 3.05) is 20.1 Å². The van der Waals surface area contributed by atoms with Crippen LogP contribution in [-0.2, 0) is 4.79 Å². The van der Waals surface area contributed by atoms with Crippen molar-refractivity contribution in [1.82, 2.24) is 10.2 Å². The van der Waals surface area contributed by atoms with Gasteiger partial charge in [0.15, 0.2) is 0 Å². The van der Waals surface area contributed by atoms with Gasteiger partial charge < -0.3 is 10.2 Å². The molecule has 0 aliphatic carbocycles. The molecule has 1 fully saturated rings. The molecule has 1 aliphatic heterocycles. The standard InChI is InChI=1S/C11H22N2O/c1-11(2,3)10(14)13(4)9-5-7-12-8-6-9/h9,12H,5-8H2,1-4H3. The molecule has 0 spiro atoms. The van der Waals surface area contributed by atoms with Crippen molar-refractivity contribution in [3.8, 4) is 0 Å². The fourth-order valence-corrected chi connectivity index (χ4v) is 1.89. The Kier molecular flexibility index (Phi) is 3.53. The van der Waals surface area contributed by atoms with E-state index in [2.05, 4.69) is 5.32 Å². The van der Waals surface area contributed by atoms with E-state index in [1.807, 2.05) is 32.7 Å². The molecule has 0 atom stereocenters. The molecule has 1 heterocycles. The van der Waals surface area contributed by atoms with Crippen molar-refractivity contribution >= 4 is 5.91 Å². The van der Waals surface area contributed by atoms with Crippen molar-refractivity contribution < 1.29 is 4.79 Å². The fourth-order valence-electron chi connectivity index (χ4n) is 1.89. The van der Waals surface area contributed by atoms with Crippen LogP contribution in [0.5, 0.6) is 0 Å². The molecule has 0 aromatic rings. The van der Waals surface area contributed by atoms with Gasteiger partial charge in [-0.05, 0) is 25.9 Å². The number of carbonyl (C=O) groups is 1. The number of amides is 1. The molecule has 1 N–H and O–H groups in total. The van der Waals surface area contributed by atoms with Crippen LogP contribution in [0, 0.1) is 5.41 Å². The molecule has 0 unspecified atom stereocenters. The first-order valence-electron chi connectivity index (χ1n) is 5.41. The summed E-state index contributed by atoms with van der Waals surface area (Å²) in [6.07, 6.45) is 2.16. The molecular weight excluding hydrogens is 176 g/mol. The van der Waals surface area contributed by atoms with Gasteiger partial charge in [-0.2, -0.15) is 0 Å². The average Bonchev–Trinajstić information content (AvgIpc) is 2.15. The second-order valence-electron chi connectivity index (χ2n) is 5.15. The first-order chi connectivity index (χ1) is 6.43. The lowest BCUT2D eigenvalue weighted by Crippen LogP contribution is -2.47. The minimum Gasteiger partial charge on any atom is -0.342 e. The maximum atomic E-state index is 12.0. The highest BCUT2D eigenvalue weighted by molar-refractivity contribution is 5.81. The average molecular weight is 198 g/mol. The molecule has 0 radical (unpaired) electrons. The zero-order valence-electron chi connectivity index (χ0n) is 9.76. The third kappa shape index (κ3) is 2.71. The van der Waals surface area contributed by atoms with E-state index in [0.717, 1.165) is 25.9 Å². The van der Waals surface area contributed by atoms with Gasteiger partial charge in [0.2, 0.25) is 5.91 Å². The molecule has 0 saturated carbocycles. The summed E-state index contributed by atoms with van der Waals surface area (Å²) in [6.45, 7) is 8.01. The second-order valence-corrected chi connectivity index (χ2v) is 5.15. The minimum atomic E-state index is -0.250. The Morgan fingerprint density at radius 1 is 1.29 bits per heavy atom. The molecule has 1 amide bonds. The van der Waals surface area contributed by atoms with E-state index in [0.29, 0.717) is 6.04 Å². The van der Waals surface area contributed by atoms with Crippen molar-refractivity contribution in [3.05, 3.63) is 0 Å². The van der Waals surface area contributed by atoms with Gasteiger partial charge in [0.1, 0.15) is 0 Å². The lowest BCUT2D eigenvalue weighted by atomic mass is 9.93. The van der Waals surface area contributed by atoms with Crippen LogP contribution in [0.25, 0.3) is 0 Å². The van der Waals surface area contributed by atoms with Gasteiger partial charge >= 0.3 is 0 Å². The Hall–Kier alpha value is -0.570. The lowest BCUT2D eigenvalue weighted by molar-refractivity contribution is -0.140. The summed E-state index contributed by atoms with van der Waals surface area (Å²) in [6, 6.07) is 0.433. The van der Waals surface area contributed by atoms with Crippen LogP contribution in [0.15, 0.2) is 0 Å². The number of nitrogens with one attached hydrogen (secondary N) is 1. The summed E-state index contributed by atoms with van der Waals surface area (Å²) < 4.78 is 0. The number of hydrogen-bond donors (Lipinski definition) is 1. The zero-order valence-corrected chi connectivity index (χ0v) is 9.76. The molecular formula is C11H22N2O. The first-order valence-corrected chi connectivity index (χ1v) is 5.41. The Morgan fingerprint density at radius 3 is 2.21 bits per heavy atom. The van der Waals surface area contributed by atoms with E-state index >= 15 is 0 Å². The van der Waals surface area contributed by atoms with E-state index in [1.165, 1.54) is 0 Å². The molecule has 0 aromatic carbocycles. The second kappa shape index (κ2) is 4.30. The highest BCUT2D eigenvalue weighted by Gasteiger charge is 2.29. The summed E-state index contributed by atoms with van der Waals surface area (Å²) >= 11 is 0. The molecule has 14 heavy (non-hydrogen) atoms. The monoisotopic (exact) mass is 198 g/mol. The van der Waals surface area contributed by atoms with Gasteiger partial charge in [-0.15, -0.1) is 0 Å². The minimum absolute atomic E-state index is 0.250. The van der Waals surface area contributed by atoms with Crippen LogP contribution in [0.3, 0.4) is 0 Å². The van der Waals surface area contributed by atoms with Crippen LogP contribution in [0.4, 0.5) is 0 Å². The quantitative estimate of drug-likeness (QED) is 0.687. The van der Waals surface area contributed by atoms with Gasteiger partial charge in [-0.1, -0.05) is 20.8 Å². The summed E-state index contributed by atoms with van der Waals surface area (Å²) in [5.74, 6) is 0.254. The van der Waals surface area contributed by atoms with Crippen molar-refractivity contribution in [2.24, 2.45) is 5.41 Å². The largest absolute Gasteiger partial charge is 0.342 e. The molecule has 0 bridgehead atoms. The van der Waals surface area contributed by atoms with E-state index < -0.39 is 0 Å². The summed E-state index contributed by atoms with van der Waals surface area (Å²) in [5, 5.41) is 3.31. The summed E-state index contributed by atoms with van der Waals surface area (Å²) in [4.78, 5) is 13.9. The topological polar surface area (TPSA) is 32.3 Å². The Bertz CT molecular complexity index is 202. The van der Waals surface area contributed by atoms with Crippen LogP contribution >= 0.6 is 0 Å². The number of rotatable bonds is 1. The molecule has 0 aromatic heterocycles. The Balaban J connectivity index is 2.55. The number of carbonyl (C=O) groups excluding carboxylic acids is 1. The number of hydrogen-bond acceptors (Lipinski definition) is 2. The first kappa shape index (κ1) is 11.5. The molecule has 3 nitrogen and oxygen atoms in total. The fraction of sp³-hybridized carbons (Fsp3) is 0.909. The van der Waals surface area contributed by atoms with Gasteiger partial charge in [-0.25, -0.2) is 0 Å². The zero-order chi connectivity index (χ0) is 10.8. The third-order valence-corrected chi connectivity index (χ3v) is 2.82. The normalized spacial score (nSPS) is 19.4. The van der Waals surface area contributed by atoms with Gasteiger partial charge in [0, 0.05) is 18.5 Å². The van der Waals surface area contributed by atoms with Crippen molar-refractivity contribution in [1.29, 1.82) is 0 Å². The molecule has 1 rings (SSSR count). The Labute approximate surface area is 86.9 Å². The van der Waals surface area contributed by atoms with Gasteiger partial charge in [0.05, 0.1) is 0 Å². The van der Waals surface area contributed by atoms with Crippen LogP contribution in [0.1, 0.15) is 33.6 Å². The number of nitrogens with zero attached hydrogens (tertiary/aromatic N) is 1. The van der Waals surface area contributed by atoms with Gasteiger partial charge in [0.25, 0.3) is 0 Å². The maximum absolute atomic E-state index is 12.0. The van der Waals surface area contributed by atoms with E-state index in [-0.39, 0.29) is 11.3 Å². The SMILES string of the molecule is CN(C(=O)C(C)(C)C)C1CCNCC1. The molecule has 3 heteroatoms. The maximum Gasteiger partial charge on any atom is 0.227 e. The summed E-state index contributed by atoms with van der Waals surface area (Å²) in [5.41, 5.74) is -0.250. The van der Waals surface area contributed by atoms with Crippen LogP contribution in [0.2, 0.25) is 0 Å². The molecule has 1 aliphatic rings. The summed E-state index contributed by atoms with van der Waals surface area (Å²) in [7, 11) is 1.93. The van der Waals surface area contributed by atoms with Gasteiger partial charge in [-0.3, -0.25) is 4.79 Å².